The summed E-state index contributed by atoms with van der Waals surface area (Å²) in [6.45, 7) is 3.84. The van der Waals surface area contributed by atoms with Crippen LogP contribution in [0.5, 0.6) is 5.75 Å². The van der Waals surface area contributed by atoms with Crippen molar-refractivity contribution in [3.05, 3.63) is 28.8 Å². The molecule has 2 heterocycles. The van der Waals surface area contributed by atoms with Gasteiger partial charge in [0, 0.05) is 6.04 Å². The third kappa shape index (κ3) is 2.66. The first-order valence-electron chi connectivity index (χ1n) is 8.95. The highest BCUT2D eigenvalue weighted by atomic mass is 32.1. The van der Waals surface area contributed by atoms with E-state index in [-0.39, 0.29) is 35.1 Å². The van der Waals surface area contributed by atoms with Crippen molar-refractivity contribution in [3.63, 3.8) is 0 Å². The molecule has 1 atom stereocenters. The number of amides is 3. The van der Waals surface area contributed by atoms with Crippen molar-refractivity contribution in [1.82, 2.24) is 20.0 Å². The quantitative estimate of drug-likeness (QED) is 0.768. The van der Waals surface area contributed by atoms with E-state index in [9.17, 15) is 23.5 Å². The van der Waals surface area contributed by atoms with Crippen LogP contribution >= 0.6 is 11.3 Å². The zero-order valence-electron chi connectivity index (χ0n) is 15.3. The van der Waals surface area contributed by atoms with Crippen LogP contribution in [0.3, 0.4) is 0 Å². The van der Waals surface area contributed by atoms with Gasteiger partial charge in [-0.25, -0.2) is 13.6 Å². The summed E-state index contributed by atoms with van der Waals surface area (Å²) in [5.41, 5.74) is -0.875. The Morgan fingerprint density at radius 1 is 1.29 bits per heavy atom. The number of benzene rings is 1. The van der Waals surface area contributed by atoms with Gasteiger partial charge in [0.05, 0.1) is 12.1 Å². The fraction of sp³-hybridized carbons (Fsp3) is 0.444. The predicted molar refractivity (Wildman–Crippen MR) is 96.4 cm³/mol. The Balaban J connectivity index is 1.60. The second kappa shape index (κ2) is 6.47. The molecule has 28 heavy (non-hydrogen) atoms. The predicted octanol–water partition coefficient (Wildman–Crippen LogP) is 3.28. The molecule has 1 aromatic carbocycles. The van der Waals surface area contributed by atoms with Crippen LogP contribution in [0.2, 0.25) is 0 Å². The van der Waals surface area contributed by atoms with Crippen LogP contribution in [0.4, 0.5) is 13.6 Å². The fourth-order valence-electron chi connectivity index (χ4n) is 3.40. The molecule has 1 aliphatic heterocycles. The molecule has 1 aromatic heterocycles. The van der Waals surface area contributed by atoms with Gasteiger partial charge in [-0.3, -0.25) is 9.69 Å². The number of urea groups is 1. The van der Waals surface area contributed by atoms with E-state index in [0.717, 1.165) is 17.4 Å². The molecule has 148 valence electrons. The van der Waals surface area contributed by atoms with Crippen LogP contribution in [-0.4, -0.2) is 48.6 Å². The summed E-state index contributed by atoms with van der Waals surface area (Å²) in [6, 6.07) is 1.58. The number of rotatable bonds is 5. The Kier molecular flexibility index (Phi) is 4.33. The summed E-state index contributed by atoms with van der Waals surface area (Å²) in [4.78, 5) is 28.4. The maximum absolute atomic E-state index is 14.1. The summed E-state index contributed by atoms with van der Waals surface area (Å²) < 4.78 is 27.4. The van der Waals surface area contributed by atoms with E-state index in [4.69, 9.17) is 0 Å². The van der Waals surface area contributed by atoms with Gasteiger partial charge >= 0.3 is 6.03 Å². The maximum Gasteiger partial charge on any atom is 0.328 e. The second-order valence-corrected chi connectivity index (χ2v) is 8.15. The molecule has 1 N–H and O–H groups in total. The van der Waals surface area contributed by atoms with Crippen molar-refractivity contribution in [1.29, 1.82) is 0 Å². The number of phenolic OH excluding ortho intramolecular Hbond substituents is 1. The van der Waals surface area contributed by atoms with Gasteiger partial charge in [-0.05, 0) is 38.3 Å². The molecule has 3 amide bonds. The number of imide groups is 1. The van der Waals surface area contributed by atoms with E-state index in [1.54, 1.807) is 0 Å². The lowest BCUT2D eigenvalue weighted by atomic mass is 10.2. The lowest BCUT2D eigenvalue weighted by molar-refractivity contribution is -0.130. The summed E-state index contributed by atoms with van der Waals surface area (Å²) in [6.07, 6.45) is 1.88. The van der Waals surface area contributed by atoms with Gasteiger partial charge in [-0.2, -0.15) is 0 Å². The summed E-state index contributed by atoms with van der Waals surface area (Å²) in [7, 11) is 0. The number of aromatic hydroxyl groups is 1. The zero-order chi connectivity index (χ0) is 20.2. The number of halogens is 2. The van der Waals surface area contributed by atoms with E-state index in [0.29, 0.717) is 24.3 Å². The first-order chi connectivity index (χ1) is 13.3. The summed E-state index contributed by atoms with van der Waals surface area (Å²) >= 11 is 1.03. The van der Waals surface area contributed by atoms with Crippen molar-refractivity contribution < 1.29 is 23.5 Å². The molecule has 2 fully saturated rings. The third-order valence-corrected chi connectivity index (χ3v) is 6.32. The average Bonchev–Trinajstić information content (AvgIpc) is 3.31. The minimum atomic E-state index is -1.11. The second-order valence-electron chi connectivity index (χ2n) is 7.09. The van der Waals surface area contributed by atoms with Crippen molar-refractivity contribution in [3.8, 4) is 16.3 Å². The van der Waals surface area contributed by atoms with Crippen LogP contribution in [0.25, 0.3) is 10.6 Å². The van der Waals surface area contributed by atoms with Crippen LogP contribution < -0.4 is 0 Å². The topological polar surface area (TPSA) is 86.6 Å². The van der Waals surface area contributed by atoms with Gasteiger partial charge in [0.1, 0.15) is 10.5 Å². The van der Waals surface area contributed by atoms with Gasteiger partial charge < -0.3 is 10.0 Å². The SMILES string of the molecule is CC[C@@H](C)N1C(=O)N(Cc2nnc(-c3ccc(F)c(O)c3F)s2)C2(CC2)C1=O. The van der Waals surface area contributed by atoms with Gasteiger partial charge in [0.25, 0.3) is 5.91 Å². The maximum atomic E-state index is 14.1. The molecule has 0 radical (unpaired) electrons. The van der Waals surface area contributed by atoms with Crippen LogP contribution in [0.15, 0.2) is 12.1 Å². The monoisotopic (exact) mass is 408 g/mol. The molecule has 1 spiro atoms. The Morgan fingerprint density at radius 3 is 2.64 bits per heavy atom. The highest BCUT2D eigenvalue weighted by molar-refractivity contribution is 7.14. The Labute approximate surface area is 163 Å². The van der Waals surface area contributed by atoms with E-state index in [1.165, 1.54) is 15.9 Å². The van der Waals surface area contributed by atoms with Gasteiger partial charge in [0.15, 0.2) is 22.4 Å². The minimum absolute atomic E-state index is 0.0751. The van der Waals surface area contributed by atoms with Gasteiger partial charge in [-0.1, -0.05) is 18.3 Å². The minimum Gasteiger partial charge on any atom is -0.503 e. The molecule has 1 saturated carbocycles. The standard InChI is InChI=1S/C18H18F2N4O3S/c1-3-9(2)24-16(26)18(6-7-18)23(17(24)27)8-12-21-22-15(28-12)10-4-5-11(19)14(25)13(10)20/h4-5,9,25H,3,6-8H2,1-2H3/t9-/m1/s1. The molecule has 2 aliphatic rings. The first-order valence-corrected chi connectivity index (χ1v) is 9.76. The van der Waals surface area contributed by atoms with Crippen LogP contribution in [-0.2, 0) is 11.3 Å². The number of carbonyl (C=O) groups excluding carboxylic acids is 2. The van der Waals surface area contributed by atoms with Crippen molar-refractivity contribution in [2.45, 2.75) is 51.2 Å². The largest absolute Gasteiger partial charge is 0.503 e. The summed E-state index contributed by atoms with van der Waals surface area (Å²) in [5, 5.41) is 17.9. The zero-order valence-corrected chi connectivity index (χ0v) is 16.1. The van der Waals surface area contributed by atoms with Crippen LogP contribution in [0.1, 0.15) is 38.1 Å². The molecule has 4 rings (SSSR count). The molecule has 1 saturated heterocycles. The smallest absolute Gasteiger partial charge is 0.328 e. The number of phenols is 1. The lowest BCUT2D eigenvalue weighted by Crippen LogP contribution is -2.39. The van der Waals surface area contributed by atoms with Gasteiger partial charge in [-0.15, -0.1) is 10.2 Å². The number of carbonyl (C=O) groups is 2. The Morgan fingerprint density at radius 2 is 2.00 bits per heavy atom. The number of aromatic nitrogens is 2. The van der Waals surface area contributed by atoms with Crippen LogP contribution in [0, 0.1) is 11.6 Å². The fourth-order valence-corrected chi connectivity index (χ4v) is 4.25. The molecular weight excluding hydrogens is 390 g/mol. The Hall–Kier alpha value is -2.62. The molecule has 7 nitrogen and oxygen atoms in total. The van der Waals surface area contributed by atoms with Gasteiger partial charge in [0.2, 0.25) is 0 Å². The van der Waals surface area contributed by atoms with E-state index in [1.807, 2.05) is 13.8 Å². The molecule has 10 heteroatoms. The van der Waals surface area contributed by atoms with E-state index in [2.05, 4.69) is 10.2 Å². The molecule has 0 bridgehead atoms. The molecule has 0 unspecified atom stereocenters. The number of nitrogens with zero attached hydrogens (tertiary/aromatic N) is 4. The average molecular weight is 408 g/mol. The first kappa shape index (κ1) is 18.7. The molecule has 2 aromatic rings. The molecular formula is C18H18F2N4O3S. The number of hydrogen-bond donors (Lipinski definition) is 1. The van der Waals surface area contributed by atoms with Crippen molar-refractivity contribution >= 4 is 23.3 Å². The van der Waals surface area contributed by atoms with Crippen molar-refractivity contribution in [2.24, 2.45) is 0 Å². The molecule has 1 aliphatic carbocycles. The van der Waals surface area contributed by atoms with Crippen molar-refractivity contribution in [2.75, 3.05) is 0 Å². The number of hydrogen-bond acceptors (Lipinski definition) is 6. The highest BCUT2D eigenvalue weighted by Crippen LogP contribution is 2.49. The van der Waals surface area contributed by atoms with E-state index >= 15 is 0 Å². The highest BCUT2D eigenvalue weighted by Gasteiger charge is 2.65. The summed E-state index contributed by atoms with van der Waals surface area (Å²) in [5.74, 6) is -3.42. The lowest BCUT2D eigenvalue weighted by Gasteiger charge is -2.21. The Bertz CT molecular complexity index is 976. The third-order valence-electron chi connectivity index (χ3n) is 5.38. The van der Waals surface area contributed by atoms with E-state index < -0.39 is 22.9 Å². The normalized spacial score (nSPS) is 19.0.